The van der Waals surface area contributed by atoms with Gasteiger partial charge in [0.1, 0.15) is 11.3 Å². The number of aryl methyl sites for hydroxylation is 1. The molecule has 3 aromatic heterocycles. The normalized spacial score (nSPS) is 11.0. The zero-order valence-corrected chi connectivity index (χ0v) is 21.0. The minimum absolute atomic E-state index is 0.00713. The second kappa shape index (κ2) is 10.7. The average molecular weight is 539 g/mol. The van der Waals surface area contributed by atoms with Crippen molar-refractivity contribution in [3.63, 3.8) is 0 Å². The first-order valence-corrected chi connectivity index (χ1v) is 11.1. The fraction of sp³-hybridized carbons (Fsp3) is 0.200. The lowest BCUT2D eigenvalue weighted by Crippen LogP contribution is -2.11. The molecule has 0 bridgehead atoms. The van der Waals surface area contributed by atoms with Crippen LogP contribution in [0.25, 0.3) is 16.9 Å². The second-order valence-corrected chi connectivity index (χ2v) is 7.97. The van der Waals surface area contributed by atoms with Crippen molar-refractivity contribution < 1.29 is 32.2 Å². The van der Waals surface area contributed by atoms with Crippen molar-refractivity contribution in [2.75, 3.05) is 26.6 Å². The molecule has 11 nitrogen and oxygen atoms in total. The fourth-order valence-corrected chi connectivity index (χ4v) is 3.63. The van der Waals surface area contributed by atoms with Gasteiger partial charge in [-0.25, -0.2) is 19.4 Å². The van der Waals surface area contributed by atoms with E-state index in [9.17, 15) is 23.2 Å². The number of esters is 1. The number of benzene rings is 1. The average Bonchev–Trinajstić information content (AvgIpc) is 3.34. The zero-order valence-electron chi connectivity index (χ0n) is 21.0. The Balaban J connectivity index is 1.90. The van der Waals surface area contributed by atoms with Crippen LogP contribution < -0.4 is 14.8 Å². The number of halogens is 3. The maximum Gasteiger partial charge on any atom is 0.435 e. The van der Waals surface area contributed by atoms with Gasteiger partial charge in [-0.15, -0.1) is 0 Å². The third kappa shape index (κ3) is 5.57. The Labute approximate surface area is 219 Å². The van der Waals surface area contributed by atoms with Gasteiger partial charge in [-0.3, -0.25) is 0 Å². The van der Waals surface area contributed by atoms with Crippen LogP contribution in [0.1, 0.15) is 27.3 Å². The summed E-state index contributed by atoms with van der Waals surface area (Å²) in [6, 6.07) is 8.94. The highest BCUT2D eigenvalue weighted by Crippen LogP contribution is 2.33. The molecule has 0 unspecified atom stereocenters. The summed E-state index contributed by atoms with van der Waals surface area (Å²) < 4.78 is 56.5. The molecule has 0 radical (unpaired) electrons. The molecular formula is C25H20F3N7O4. The van der Waals surface area contributed by atoms with E-state index in [-0.39, 0.29) is 40.0 Å². The molecule has 3 heterocycles. The maximum absolute atomic E-state index is 13.5. The number of hydrogen-bond acceptors (Lipinski definition) is 10. The number of methoxy groups -OCH3 is 3. The molecule has 0 spiro atoms. The lowest BCUT2D eigenvalue weighted by molar-refractivity contribution is -0.141. The van der Waals surface area contributed by atoms with Crippen molar-refractivity contribution in [2.45, 2.75) is 13.1 Å². The number of aromatic nitrogens is 5. The largest absolute Gasteiger partial charge is 0.497 e. The summed E-state index contributed by atoms with van der Waals surface area (Å²) in [7, 11) is 3.95. The number of ether oxygens (including phenoxy) is 3. The minimum atomic E-state index is -4.70. The Kier molecular flexibility index (Phi) is 7.34. The number of carbonyl (C=O) groups is 1. The highest BCUT2D eigenvalue weighted by Gasteiger charge is 2.35. The summed E-state index contributed by atoms with van der Waals surface area (Å²) in [4.78, 5) is 25.1. The predicted molar refractivity (Wildman–Crippen MR) is 131 cm³/mol. The molecule has 0 saturated heterocycles. The van der Waals surface area contributed by atoms with Gasteiger partial charge >= 0.3 is 12.1 Å². The SMILES string of the molecule is COC(=O)c1cc(-c2cnc(Nc3cc(C#N)cc(OC)c3)nc2-n2nc(C(F)(F)F)cc2C)cnc1OC. The van der Waals surface area contributed by atoms with Gasteiger partial charge in [0, 0.05) is 41.0 Å². The topological polar surface area (TPSA) is 137 Å². The number of hydrogen-bond donors (Lipinski definition) is 1. The number of nitriles is 1. The van der Waals surface area contributed by atoms with E-state index in [4.69, 9.17) is 14.2 Å². The van der Waals surface area contributed by atoms with E-state index in [1.807, 2.05) is 6.07 Å². The number of nitrogens with one attached hydrogen (secondary N) is 1. The molecule has 0 atom stereocenters. The van der Waals surface area contributed by atoms with Gasteiger partial charge in [0.05, 0.1) is 33.0 Å². The van der Waals surface area contributed by atoms with Crippen LogP contribution in [0.2, 0.25) is 0 Å². The van der Waals surface area contributed by atoms with Gasteiger partial charge in [0.25, 0.3) is 0 Å². The fourth-order valence-electron chi connectivity index (χ4n) is 3.63. The first-order chi connectivity index (χ1) is 18.6. The van der Waals surface area contributed by atoms with Gasteiger partial charge in [-0.1, -0.05) is 0 Å². The highest BCUT2D eigenvalue weighted by molar-refractivity contribution is 5.93. The molecule has 0 saturated carbocycles. The van der Waals surface area contributed by atoms with Crippen LogP contribution in [-0.4, -0.2) is 52.0 Å². The van der Waals surface area contributed by atoms with Crippen LogP contribution in [-0.2, 0) is 10.9 Å². The third-order valence-corrected chi connectivity index (χ3v) is 5.44. The second-order valence-electron chi connectivity index (χ2n) is 7.97. The smallest absolute Gasteiger partial charge is 0.435 e. The number of pyridine rings is 1. The van der Waals surface area contributed by atoms with Crippen LogP contribution in [0.15, 0.2) is 42.7 Å². The van der Waals surface area contributed by atoms with E-state index < -0.39 is 17.8 Å². The van der Waals surface area contributed by atoms with Crippen molar-refractivity contribution in [1.82, 2.24) is 24.7 Å². The molecule has 1 N–H and O–H groups in total. The van der Waals surface area contributed by atoms with Gasteiger partial charge in [0.15, 0.2) is 11.5 Å². The summed E-state index contributed by atoms with van der Waals surface area (Å²) in [6.45, 7) is 1.44. The summed E-state index contributed by atoms with van der Waals surface area (Å²) in [5, 5.41) is 16.0. The molecule has 0 amide bonds. The van der Waals surface area contributed by atoms with Crippen LogP contribution >= 0.6 is 0 Å². The first kappa shape index (κ1) is 26.9. The summed E-state index contributed by atoms with van der Waals surface area (Å²) in [5.74, 6) is -0.392. The predicted octanol–water partition coefficient (Wildman–Crippen LogP) is 4.47. The van der Waals surface area contributed by atoms with E-state index in [1.54, 1.807) is 6.07 Å². The molecule has 0 aliphatic rings. The Morgan fingerprint density at radius 2 is 1.82 bits per heavy atom. The molecule has 1 aromatic carbocycles. The molecule has 4 aromatic rings. The van der Waals surface area contributed by atoms with Crippen LogP contribution in [0.4, 0.5) is 24.8 Å². The Hall–Kier alpha value is -5.19. The van der Waals surface area contributed by atoms with Crippen molar-refractivity contribution >= 4 is 17.6 Å². The van der Waals surface area contributed by atoms with E-state index in [1.165, 1.54) is 58.8 Å². The lowest BCUT2D eigenvalue weighted by Gasteiger charge is -2.14. The van der Waals surface area contributed by atoms with Gasteiger partial charge in [0.2, 0.25) is 11.8 Å². The molecule has 14 heteroatoms. The molecule has 39 heavy (non-hydrogen) atoms. The maximum atomic E-state index is 13.5. The van der Waals surface area contributed by atoms with Gasteiger partial charge in [-0.05, 0) is 31.2 Å². The first-order valence-electron chi connectivity index (χ1n) is 11.1. The summed E-state index contributed by atoms with van der Waals surface area (Å²) in [6.07, 6.45) is -2.00. The lowest BCUT2D eigenvalue weighted by atomic mass is 10.1. The van der Waals surface area contributed by atoms with Gasteiger partial charge < -0.3 is 19.5 Å². The van der Waals surface area contributed by atoms with Crippen LogP contribution in [0.5, 0.6) is 11.6 Å². The molecule has 0 fully saturated rings. The van der Waals surface area contributed by atoms with E-state index >= 15 is 0 Å². The number of anilines is 2. The molecule has 200 valence electrons. The van der Waals surface area contributed by atoms with Crippen molar-refractivity contribution in [3.05, 3.63) is 65.2 Å². The quantitative estimate of drug-likeness (QED) is 0.335. The highest BCUT2D eigenvalue weighted by atomic mass is 19.4. The van der Waals surface area contributed by atoms with Crippen LogP contribution in [0, 0.1) is 18.3 Å². The zero-order chi connectivity index (χ0) is 28.3. The third-order valence-electron chi connectivity index (χ3n) is 5.44. The van der Waals surface area contributed by atoms with Gasteiger partial charge in [-0.2, -0.15) is 28.5 Å². The van der Waals surface area contributed by atoms with Crippen molar-refractivity contribution in [2.24, 2.45) is 0 Å². The summed E-state index contributed by atoms with van der Waals surface area (Å²) >= 11 is 0. The van der Waals surface area contributed by atoms with Crippen molar-refractivity contribution in [1.29, 1.82) is 5.26 Å². The molecular weight excluding hydrogens is 519 g/mol. The van der Waals surface area contributed by atoms with Crippen LogP contribution in [0.3, 0.4) is 0 Å². The van der Waals surface area contributed by atoms with E-state index in [0.29, 0.717) is 17.0 Å². The number of carbonyl (C=O) groups excluding carboxylic acids is 1. The number of alkyl halides is 3. The molecule has 0 aliphatic heterocycles. The Bertz CT molecular complexity index is 1600. The minimum Gasteiger partial charge on any atom is -0.497 e. The Morgan fingerprint density at radius 1 is 1.05 bits per heavy atom. The molecule has 0 aliphatic carbocycles. The summed E-state index contributed by atoms with van der Waals surface area (Å²) in [5.41, 5.74) is 0.199. The molecule has 4 rings (SSSR count). The number of rotatable bonds is 7. The Morgan fingerprint density at radius 3 is 2.44 bits per heavy atom. The van der Waals surface area contributed by atoms with E-state index in [0.717, 1.165) is 10.7 Å². The standard InChI is InChI=1S/C25H20F3N7O4/c1-13-5-20(25(26,27)28)34-35(13)21-19(15-8-18(23(36)39-4)22(38-3)30-11-15)12-31-24(33-21)32-16-6-14(10-29)7-17(9-16)37-2/h5-9,11-12H,1-4H3,(H,31,32,33). The monoisotopic (exact) mass is 539 g/mol. The van der Waals surface area contributed by atoms with E-state index in [2.05, 4.69) is 25.4 Å². The number of nitrogens with zero attached hydrogens (tertiary/aromatic N) is 6. The van der Waals surface area contributed by atoms with Crippen molar-refractivity contribution in [3.8, 4) is 34.6 Å².